The Hall–Kier alpha value is -2.23. The fourth-order valence-electron chi connectivity index (χ4n) is 1.79. The van der Waals surface area contributed by atoms with Crippen molar-refractivity contribution in [1.29, 1.82) is 0 Å². The lowest BCUT2D eigenvalue weighted by Gasteiger charge is -2.08. The van der Waals surface area contributed by atoms with Crippen LogP contribution in [0.25, 0.3) is 0 Å². The number of nitrogens with zero attached hydrogens (tertiary/aromatic N) is 1. The van der Waals surface area contributed by atoms with Crippen LogP contribution in [-0.4, -0.2) is 23.6 Å². The Kier molecular flexibility index (Phi) is 4.23. The van der Waals surface area contributed by atoms with Gasteiger partial charge in [0.1, 0.15) is 11.5 Å². The predicted octanol–water partition coefficient (Wildman–Crippen LogP) is 2.69. The number of ether oxygens (including phenoxy) is 2. The molecule has 1 aromatic heterocycles. The molecule has 2 rings (SSSR count). The van der Waals surface area contributed by atoms with Gasteiger partial charge in [-0.05, 0) is 31.2 Å². The third-order valence-electron chi connectivity index (χ3n) is 2.72. The molecule has 0 radical (unpaired) electrons. The molecule has 0 fully saturated rings. The molecular weight excluding hydrogens is 242 g/mol. The van der Waals surface area contributed by atoms with E-state index in [1.54, 1.807) is 22.8 Å². The van der Waals surface area contributed by atoms with Crippen molar-refractivity contribution in [2.75, 3.05) is 13.2 Å². The van der Waals surface area contributed by atoms with Crippen LogP contribution in [0.5, 0.6) is 11.5 Å². The van der Waals surface area contributed by atoms with Crippen molar-refractivity contribution in [1.82, 2.24) is 4.57 Å². The molecule has 0 amide bonds. The van der Waals surface area contributed by atoms with Crippen LogP contribution in [-0.2, 0) is 7.05 Å². The minimum atomic E-state index is -0.0469. The van der Waals surface area contributed by atoms with Crippen LogP contribution < -0.4 is 9.47 Å². The van der Waals surface area contributed by atoms with Crippen LogP contribution in [0.4, 0.5) is 0 Å². The van der Waals surface area contributed by atoms with Crippen LogP contribution in [0, 0.1) is 0 Å². The summed E-state index contributed by atoms with van der Waals surface area (Å²) >= 11 is 0. The number of carbonyl (C=O) groups is 1. The lowest BCUT2D eigenvalue weighted by molar-refractivity contribution is 0.0913. The zero-order valence-electron chi connectivity index (χ0n) is 11.1. The van der Waals surface area contributed by atoms with E-state index in [2.05, 4.69) is 0 Å². The molecule has 100 valence electrons. The van der Waals surface area contributed by atoms with Crippen molar-refractivity contribution >= 4 is 5.78 Å². The highest BCUT2D eigenvalue weighted by Gasteiger charge is 2.09. The first-order valence-corrected chi connectivity index (χ1v) is 6.21. The van der Waals surface area contributed by atoms with E-state index in [1.807, 2.05) is 38.4 Å². The van der Waals surface area contributed by atoms with E-state index in [9.17, 15) is 4.79 Å². The second-order valence-corrected chi connectivity index (χ2v) is 4.12. The average molecular weight is 259 g/mol. The summed E-state index contributed by atoms with van der Waals surface area (Å²) in [5.74, 6) is 1.33. The molecule has 2 aromatic rings. The van der Waals surface area contributed by atoms with E-state index < -0.39 is 0 Å². The maximum absolute atomic E-state index is 11.9. The summed E-state index contributed by atoms with van der Waals surface area (Å²) in [5, 5.41) is 0. The third-order valence-corrected chi connectivity index (χ3v) is 2.72. The van der Waals surface area contributed by atoms with Gasteiger partial charge < -0.3 is 14.0 Å². The molecule has 1 aromatic carbocycles. The monoisotopic (exact) mass is 259 g/mol. The maximum atomic E-state index is 11.9. The molecule has 0 unspecified atom stereocenters. The number of aromatic nitrogens is 1. The van der Waals surface area contributed by atoms with Crippen LogP contribution in [0.2, 0.25) is 0 Å². The van der Waals surface area contributed by atoms with Crippen molar-refractivity contribution in [2.45, 2.75) is 6.92 Å². The number of hydrogen-bond acceptors (Lipinski definition) is 3. The van der Waals surface area contributed by atoms with E-state index in [0.29, 0.717) is 18.1 Å². The Morgan fingerprint density at radius 3 is 2.53 bits per heavy atom. The smallest absolute Gasteiger partial charge is 0.216 e. The molecule has 0 aliphatic carbocycles. The zero-order chi connectivity index (χ0) is 13.7. The summed E-state index contributed by atoms with van der Waals surface area (Å²) in [5.41, 5.74) is 0.640. The third kappa shape index (κ3) is 3.37. The fraction of sp³-hybridized carbons (Fsp3) is 0.267. The maximum Gasteiger partial charge on any atom is 0.216 e. The molecule has 0 N–H and O–H groups in total. The van der Waals surface area contributed by atoms with E-state index in [0.717, 1.165) is 5.75 Å². The van der Waals surface area contributed by atoms with Gasteiger partial charge in [-0.15, -0.1) is 0 Å². The van der Waals surface area contributed by atoms with E-state index in [4.69, 9.17) is 9.47 Å². The van der Waals surface area contributed by atoms with Gasteiger partial charge in [0.2, 0.25) is 5.78 Å². The van der Waals surface area contributed by atoms with Gasteiger partial charge in [0.15, 0.2) is 6.61 Å². The normalized spacial score (nSPS) is 10.2. The second kappa shape index (κ2) is 6.09. The molecular formula is C15H17NO3. The van der Waals surface area contributed by atoms with Crippen LogP contribution in [0.1, 0.15) is 17.4 Å². The number of Topliss-reactive ketones (excluding diaryl/α,β-unsaturated/α-hetero) is 1. The Bertz CT molecular complexity index is 560. The van der Waals surface area contributed by atoms with Crippen molar-refractivity contribution in [2.24, 2.45) is 7.05 Å². The van der Waals surface area contributed by atoms with Crippen molar-refractivity contribution in [3.05, 3.63) is 48.3 Å². The van der Waals surface area contributed by atoms with Crippen LogP contribution in [0.15, 0.2) is 42.6 Å². The molecule has 1 heterocycles. The van der Waals surface area contributed by atoms with E-state index >= 15 is 0 Å². The molecule has 0 spiro atoms. The molecule has 0 atom stereocenters. The minimum absolute atomic E-state index is 0.0213. The second-order valence-electron chi connectivity index (χ2n) is 4.12. The van der Waals surface area contributed by atoms with Gasteiger partial charge in [-0.1, -0.05) is 6.07 Å². The number of benzene rings is 1. The van der Waals surface area contributed by atoms with Crippen molar-refractivity contribution in [3.63, 3.8) is 0 Å². The van der Waals surface area contributed by atoms with E-state index in [-0.39, 0.29) is 12.4 Å². The van der Waals surface area contributed by atoms with Crippen LogP contribution in [0.3, 0.4) is 0 Å². The highest BCUT2D eigenvalue weighted by molar-refractivity contribution is 5.95. The first kappa shape index (κ1) is 13.2. The molecule has 4 nitrogen and oxygen atoms in total. The number of rotatable bonds is 6. The van der Waals surface area contributed by atoms with Crippen molar-refractivity contribution in [3.8, 4) is 11.5 Å². The predicted molar refractivity (Wildman–Crippen MR) is 72.8 cm³/mol. The topological polar surface area (TPSA) is 40.5 Å². The van der Waals surface area contributed by atoms with Gasteiger partial charge in [0.05, 0.1) is 12.3 Å². The Balaban J connectivity index is 1.97. The quantitative estimate of drug-likeness (QED) is 0.749. The van der Waals surface area contributed by atoms with Gasteiger partial charge in [0, 0.05) is 19.3 Å². The fourth-order valence-corrected chi connectivity index (χ4v) is 1.79. The number of carbonyl (C=O) groups excluding carboxylic acids is 1. The Morgan fingerprint density at radius 2 is 1.89 bits per heavy atom. The summed E-state index contributed by atoms with van der Waals surface area (Å²) < 4.78 is 12.6. The number of aryl methyl sites for hydroxylation is 1. The Morgan fingerprint density at radius 1 is 1.16 bits per heavy atom. The highest BCUT2D eigenvalue weighted by Crippen LogP contribution is 2.19. The lowest BCUT2D eigenvalue weighted by Crippen LogP contribution is -2.14. The van der Waals surface area contributed by atoms with Gasteiger partial charge in [-0.3, -0.25) is 4.79 Å². The molecule has 0 saturated carbocycles. The molecule has 0 aliphatic rings. The largest absolute Gasteiger partial charge is 0.494 e. The Labute approximate surface area is 112 Å². The minimum Gasteiger partial charge on any atom is -0.494 e. The number of hydrogen-bond donors (Lipinski definition) is 0. The summed E-state index contributed by atoms with van der Waals surface area (Å²) in [7, 11) is 1.84. The first-order chi connectivity index (χ1) is 9.20. The molecule has 19 heavy (non-hydrogen) atoms. The SMILES string of the molecule is CCOc1cccc(OCC(=O)c2cccn2C)c1. The van der Waals surface area contributed by atoms with Gasteiger partial charge >= 0.3 is 0 Å². The lowest BCUT2D eigenvalue weighted by atomic mass is 10.3. The molecule has 0 saturated heterocycles. The summed E-state index contributed by atoms with van der Waals surface area (Å²) in [4.78, 5) is 11.9. The molecule has 4 heteroatoms. The van der Waals surface area contributed by atoms with Gasteiger partial charge in [0.25, 0.3) is 0 Å². The average Bonchev–Trinajstić information content (AvgIpc) is 2.83. The first-order valence-electron chi connectivity index (χ1n) is 6.21. The summed E-state index contributed by atoms with van der Waals surface area (Å²) in [6, 6.07) is 10.9. The highest BCUT2D eigenvalue weighted by atomic mass is 16.5. The van der Waals surface area contributed by atoms with Gasteiger partial charge in [-0.25, -0.2) is 0 Å². The molecule has 0 aliphatic heterocycles. The van der Waals surface area contributed by atoms with E-state index in [1.165, 1.54) is 0 Å². The van der Waals surface area contributed by atoms with Gasteiger partial charge in [-0.2, -0.15) is 0 Å². The summed E-state index contributed by atoms with van der Waals surface area (Å²) in [6.45, 7) is 2.55. The zero-order valence-corrected chi connectivity index (χ0v) is 11.1. The number of ketones is 1. The van der Waals surface area contributed by atoms with Crippen molar-refractivity contribution < 1.29 is 14.3 Å². The van der Waals surface area contributed by atoms with Crippen LogP contribution >= 0.6 is 0 Å². The molecule has 0 bridgehead atoms. The standard InChI is InChI=1S/C15H17NO3/c1-3-18-12-6-4-7-13(10-12)19-11-15(17)14-8-5-9-16(14)2/h4-10H,3,11H2,1-2H3. The summed E-state index contributed by atoms with van der Waals surface area (Å²) in [6.07, 6.45) is 1.84.